The molecule has 1 saturated carbocycles. The molecule has 1 aromatic rings. The molecule has 0 aromatic heterocycles. The molecule has 2 unspecified atom stereocenters. The van der Waals surface area contributed by atoms with Crippen molar-refractivity contribution in [1.82, 2.24) is 15.5 Å². The summed E-state index contributed by atoms with van der Waals surface area (Å²) in [7, 11) is 4.11. The first kappa shape index (κ1) is 24.4. The molecule has 2 rings (SSSR count). The fourth-order valence-corrected chi connectivity index (χ4v) is 3.87. The van der Waals surface area contributed by atoms with Gasteiger partial charge in [0.2, 0.25) is 0 Å². The Bertz CT molecular complexity index is 571. The molecule has 0 bridgehead atoms. The molecular formula is C20H35IN4OS. The van der Waals surface area contributed by atoms with E-state index < -0.39 is 0 Å². The number of nitrogens with one attached hydrogen (secondary N) is 2. The van der Waals surface area contributed by atoms with E-state index in [2.05, 4.69) is 48.9 Å². The second-order valence-corrected chi connectivity index (χ2v) is 8.10. The van der Waals surface area contributed by atoms with E-state index in [1.807, 2.05) is 30.0 Å². The zero-order chi connectivity index (χ0) is 18.8. The van der Waals surface area contributed by atoms with Gasteiger partial charge in [0.25, 0.3) is 0 Å². The van der Waals surface area contributed by atoms with E-state index in [0.717, 1.165) is 35.6 Å². The summed E-state index contributed by atoms with van der Waals surface area (Å²) in [6.07, 6.45) is 5.94. The van der Waals surface area contributed by atoms with E-state index in [1.54, 1.807) is 0 Å². The minimum Gasteiger partial charge on any atom is -0.492 e. The fraction of sp³-hybridized carbons (Fsp3) is 0.650. The number of benzene rings is 1. The number of nitrogens with zero attached hydrogens (tertiary/aromatic N) is 2. The van der Waals surface area contributed by atoms with Gasteiger partial charge in [0.05, 0.1) is 6.54 Å². The van der Waals surface area contributed by atoms with Crippen LogP contribution in [0.5, 0.6) is 5.75 Å². The number of aliphatic imine (C=N–C) groups is 1. The van der Waals surface area contributed by atoms with E-state index in [-0.39, 0.29) is 24.0 Å². The number of hydrogen-bond donors (Lipinski definition) is 2. The van der Waals surface area contributed by atoms with Crippen LogP contribution in [-0.4, -0.2) is 62.2 Å². The lowest BCUT2D eigenvalue weighted by atomic mass is 10.2. The van der Waals surface area contributed by atoms with Gasteiger partial charge in [0.15, 0.2) is 5.96 Å². The summed E-state index contributed by atoms with van der Waals surface area (Å²) in [5.41, 5.74) is 1.12. The quantitative estimate of drug-likeness (QED) is 0.305. The third-order valence-electron chi connectivity index (χ3n) is 4.58. The second-order valence-electron chi connectivity index (χ2n) is 6.97. The highest BCUT2D eigenvalue weighted by Gasteiger charge is 2.24. The predicted molar refractivity (Wildman–Crippen MR) is 129 cm³/mol. The Hall–Kier alpha value is -0.670. The van der Waals surface area contributed by atoms with E-state index in [0.29, 0.717) is 19.2 Å². The number of likely N-dealkylation sites (N-methyl/N-ethyl adjacent to an activating group) is 1. The predicted octanol–water partition coefficient (Wildman–Crippen LogP) is 3.58. The van der Waals surface area contributed by atoms with Gasteiger partial charge < -0.3 is 20.3 Å². The van der Waals surface area contributed by atoms with Gasteiger partial charge in [-0.3, -0.25) is 0 Å². The molecule has 0 spiro atoms. The van der Waals surface area contributed by atoms with Crippen molar-refractivity contribution in [3.63, 3.8) is 0 Å². The molecule has 1 aliphatic rings. The van der Waals surface area contributed by atoms with Crippen LogP contribution < -0.4 is 15.4 Å². The maximum absolute atomic E-state index is 5.95. The number of halogens is 1. The number of para-hydroxylation sites is 1. The molecule has 0 radical (unpaired) electrons. The van der Waals surface area contributed by atoms with Gasteiger partial charge in [-0.1, -0.05) is 18.2 Å². The van der Waals surface area contributed by atoms with Crippen LogP contribution in [0.2, 0.25) is 0 Å². The molecule has 1 fully saturated rings. The summed E-state index contributed by atoms with van der Waals surface area (Å²) >= 11 is 1.98. The van der Waals surface area contributed by atoms with Crippen molar-refractivity contribution in [1.29, 1.82) is 0 Å². The Kier molecular flexibility index (Phi) is 12.2. The van der Waals surface area contributed by atoms with Crippen LogP contribution >= 0.6 is 35.7 Å². The highest BCUT2D eigenvalue weighted by Crippen LogP contribution is 2.28. The molecular weight excluding hydrogens is 471 g/mol. The number of ether oxygens (including phenoxy) is 1. The largest absolute Gasteiger partial charge is 0.492 e. The first-order chi connectivity index (χ1) is 12.6. The maximum atomic E-state index is 5.95. The summed E-state index contributed by atoms with van der Waals surface area (Å²) in [5.74, 6) is 1.83. The topological polar surface area (TPSA) is 48.9 Å². The van der Waals surface area contributed by atoms with Crippen LogP contribution in [0, 0.1) is 0 Å². The van der Waals surface area contributed by atoms with Gasteiger partial charge in [-0.15, -0.1) is 24.0 Å². The van der Waals surface area contributed by atoms with Gasteiger partial charge in [-0.05, 0) is 52.6 Å². The summed E-state index contributed by atoms with van der Waals surface area (Å²) in [6, 6.07) is 8.71. The van der Waals surface area contributed by atoms with Gasteiger partial charge >= 0.3 is 0 Å². The minimum atomic E-state index is 0. The average Bonchev–Trinajstić information content (AvgIpc) is 3.08. The summed E-state index contributed by atoms with van der Waals surface area (Å²) in [4.78, 5) is 6.92. The molecule has 7 heteroatoms. The zero-order valence-electron chi connectivity index (χ0n) is 17.0. The first-order valence-electron chi connectivity index (χ1n) is 9.55. The fourth-order valence-electron chi connectivity index (χ4n) is 3.08. The first-order valence-corrected chi connectivity index (χ1v) is 10.8. The minimum absolute atomic E-state index is 0. The Morgan fingerprint density at radius 1 is 1.30 bits per heavy atom. The van der Waals surface area contributed by atoms with Crippen molar-refractivity contribution in [3.05, 3.63) is 29.8 Å². The van der Waals surface area contributed by atoms with Crippen LogP contribution in [0.4, 0.5) is 0 Å². The Balaban J connectivity index is 0.00000364. The highest BCUT2D eigenvalue weighted by atomic mass is 127. The highest BCUT2D eigenvalue weighted by molar-refractivity contribution is 14.0. The second kappa shape index (κ2) is 13.5. The average molecular weight is 506 g/mol. The SMILES string of the molecule is CCNC(=NCc1ccccc1OCCN(C)C)NC1CCC(SC)C1.I. The van der Waals surface area contributed by atoms with Crippen molar-refractivity contribution < 1.29 is 4.74 Å². The van der Waals surface area contributed by atoms with Gasteiger partial charge in [0.1, 0.15) is 12.4 Å². The molecule has 0 saturated heterocycles. The lowest BCUT2D eigenvalue weighted by Gasteiger charge is -2.18. The van der Waals surface area contributed by atoms with Crippen LogP contribution in [0.3, 0.4) is 0 Å². The molecule has 5 nitrogen and oxygen atoms in total. The third-order valence-corrected chi connectivity index (χ3v) is 5.67. The Morgan fingerprint density at radius 2 is 2.07 bits per heavy atom. The van der Waals surface area contributed by atoms with Crippen LogP contribution in [0.1, 0.15) is 31.7 Å². The van der Waals surface area contributed by atoms with E-state index in [1.165, 1.54) is 19.3 Å². The van der Waals surface area contributed by atoms with Crippen molar-refractivity contribution in [2.75, 3.05) is 40.0 Å². The van der Waals surface area contributed by atoms with Crippen molar-refractivity contribution >= 4 is 41.7 Å². The van der Waals surface area contributed by atoms with E-state index in [9.17, 15) is 0 Å². The molecule has 27 heavy (non-hydrogen) atoms. The van der Waals surface area contributed by atoms with Crippen LogP contribution in [-0.2, 0) is 6.54 Å². The smallest absolute Gasteiger partial charge is 0.191 e. The lowest BCUT2D eigenvalue weighted by Crippen LogP contribution is -2.42. The molecule has 0 aliphatic heterocycles. The molecule has 0 heterocycles. The number of rotatable bonds is 9. The Labute approximate surface area is 186 Å². The molecule has 1 aromatic carbocycles. The molecule has 2 atom stereocenters. The third kappa shape index (κ3) is 8.91. The van der Waals surface area contributed by atoms with Crippen molar-refractivity contribution in [2.45, 2.75) is 44.0 Å². The van der Waals surface area contributed by atoms with Gasteiger partial charge in [-0.2, -0.15) is 11.8 Å². The van der Waals surface area contributed by atoms with Crippen molar-refractivity contribution in [2.24, 2.45) is 4.99 Å². The molecule has 154 valence electrons. The monoisotopic (exact) mass is 506 g/mol. The summed E-state index contributed by atoms with van der Waals surface area (Å²) < 4.78 is 5.95. The number of thioether (sulfide) groups is 1. The molecule has 2 N–H and O–H groups in total. The van der Waals surface area contributed by atoms with Crippen molar-refractivity contribution in [3.8, 4) is 5.75 Å². The van der Waals surface area contributed by atoms with Crippen LogP contribution in [0.25, 0.3) is 0 Å². The zero-order valence-corrected chi connectivity index (χ0v) is 20.2. The Morgan fingerprint density at radius 3 is 2.74 bits per heavy atom. The van der Waals surface area contributed by atoms with Gasteiger partial charge in [-0.25, -0.2) is 4.99 Å². The summed E-state index contributed by atoms with van der Waals surface area (Å²) in [5, 5.41) is 7.76. The molecule has 0 amide bonds. The van der Waals surface area contributed by atoms with E-state index in [4.69, 9.17) is 9.73 Å². The number of hydrogen-bond acceptors (Lipinski definition) is 4. The maximum Gasteiger partial charge on any atom is 0.191 e. The summed E-state index contributed by atoms with van der Waals surface area (Å²) in [6.45, 7) is 5.18. The normalized spacial score (nSPS) is 19.7. The number of guanidine groups is 1. The standard InChI is InChI=1S/C20H34N4OS.HI/c1-5-21-20(23-17-10-11-18(14-17)26-4)22-15-16-8-6-7-9-19(16)25-13-12-24(2)3;/h6-9,17-18H,5,10-15H2,1-4H3,(H2,21,22,23);1H. The van der Waals surface area contributed by atoms with Crippen LogP contribution in [0.15, 0.2) is 29.3 Å². The lowest BCUT2D eigenvalue weighted by molar-refractivity contribution is 0.259. The molecule has 1 aliphatic carbocycles. The van der Waals surface area contributed by atoms with Gasteiger partial charge in [0, 0.05) is 29.9 Å². The van der Waals surface area contributed by atoms with E-state index >= 15 is 0 Å².